The van der Waals surface area contributed by atoms with Gasteiger partial charge in [0.15, 0.2) is 12.4 Å². The van der Waals surface area contributed by atoms with Crippen molar-refractivity contribution in [1.82, 2.24) is 0 Å². The Balaban J connectivity index is 1.53. The van der Waals surface area contributed by atoms with Crippen molar-refractivity contribution >= 4 is 23.5 Å². The van der Waals surface area contributed by atoms with Crippen molar-refractivity contribution in [2.45, 2.75) is 70.5 Å². The Kier molecular flexibility index (Phi) is 5.90. The number of ketones is 2. The van der Waals surface area contributed by atoms with Crippen LogP contribution in [0.2, 0.25) is 0 Å². The summed E-state index contributed by atoms with van der Waals surface area (Å²) in [6.07, 6.45) is 6.27. The molecule has 8 heteroatoms. The number of hydrogen-bond acceptors (Lipinski definition) is 7. The molecule has 0 aromatic carbocycles. The lowest BCUT2D eigenvalue weighted by Crippen LogP contribution is -2.61. The third-order valence-corrected chi connectivity index (χ3v) is 9.02. The molecule has 0 aliphatic heterocycles. The summed E-state index contributed by atoms with van der Waals surface area (Å²) in [5.41, 5.74) is -1.99. The van der Waals surface area contributed by atoms with E-state index in [1.807, 2.05) is 13.0 Å². The maximum atomic E-state index is 13.1. The molecule has 3 saturated carbocycles. The van der Waals surface area contributed by atoms with Crippen molar-refractivity contribution < 1.29 is 39.2 Å². The predicted molar refractivity (Wildman–Crippen MR) is 116 cm³/mol. The Labute approximate surface area is 192 Å². The minimum absolute atomic E-state index is 0.00645. The van der Waals surface area contributed by atoms with Gasteiger partial charge in [-0.05, 0) is 56.1 Å². The number of ether oxygens (including phenoxy) is 1. The van der Waals surface area contributed by atoms with E-state index in [0.717, 1.165) is 18.4 Å². The lowest BCUT2D eigenvalue weighted by atomic mass is 9.46. The molecule has 0 heterocycles. The van der Waals surface area contributed by atoms with Gasteiger partial charge in [-0.1, -0.05) is 25.5 Å². The summed E-state index contributed by atoms with van der Waals surface area (Å²) >= 11 is 0. The quantitative estimate of drug-likeness (QED) is 0.512. The highest BCUT2D eigenvalue weighted by molar-refractivity contribution is 6.01. The Morgan fingerprint density at radius 2 is 1.91 bits per heavy atom. The molecule has 8 nitrogen and oxygen atoms in total. The van der Waals surface area contributed by atoms with E-state index < -0.39 is 46.9 Å². The fraction of sp³-hybridized carbons (Fsp3) is 0.680. The number of carboxylic acids is 1. The van der Waals surface area contributed by atoms with Crippen LogP contribution in [-0.4, -0.2) is 57.1 Å². The molecule has 180 valence electrons. The van der Waals surface area contributed by atoms with Crippen molar-refractivity contribution in [2.75, 3.05) is 6.61 Å². The monoisotopic (exact) mass is 460 g/mol. The molecular formula is C25H32O8. The molecule has 0 spiro atoms. The van der Waals surface area contributed by atoms with Gasteiger partial charge in [0.1, 0.15) is 5.60 Å². The summed E-state index contributed by atoms with van der Waals surface area (Å²) < 4.78 is 4.96. The largest absolute Gasteiger partial charge is 0.481 e. The fourth-order valence-electron chi connectivity index (χ4n) is 7.34. The van der Waals surface area contributed by atoms with Gasteiger partial charge in [0.05, 0.1) is 18.9 Å². The van der Waals surface area contributed by atoms with Gasteiger partial charge in [-0.2, -0.15) is 0 Å². The van der Waals surface area contributed by atoms with E-state index in [1.165, 1.54) is 0 Å². The van der Waals surface area contributed by atoms with Crippen molar-refractivity contribution in [3.8, 4) is 0 Å². The molecule has 0 unspecified atom stereocenters. The first-order valence-corrected chi connectivity index (χ1v) is 11.7. The van der Waals surface area contributed by atoms with Crippen LogP contribution in [0.4, 0.5) is 0 Å². The van der Waals surface area contributed by atoms with Crippen LogP contribution in [0, 0.1) is 28.6 Å². The van der Waals surface area contributed by atoms with Gasteiger partial charge in [0.25, 0.3) is 0 Å². The third-order valence-electron chi connectivity index (χ3n) is 9.02. The number of esters is 1. The maximum Gasteiger partial charge on any atom is 0.306 e. The zero-order valence-corrected chi connectivity index (χ0v) is 19.1. The van der Waals surface area contributed by atoms with Crippen LogP contribution in [0.5, 0.6) is 0 Å². The molecule has 0 saturated heterocycles. The number of aliphatic hydroxyl groups is 2. The zero-order valence-electron chi connectivity index (χ0n) is 19.1. The van der Waals surface area contributed by atoms with E-state index in [0.29, 0.717) is 6.42 Å². The van der Waals surface area contributed by atoms with Gasteiger partial charge in [0, 0.05) is 16.7 Å². The topological polar surface area (TPSA) is 138 Å². The van der Waals surface area contributed by atoms with Crippen LogP contribution >= 0.6 is 0 Å². The lowest BCUT2D eigenvalue weighted by Gasteiger charge is -2.59. The molecule has 0 aromatic rings. The SMILES string of the molecule is C[C@]12C=CC(=O)C=C1CC[C@H]1[C@H]2[C@@H](O)C[C@@]2(C)[C@@H]1CC[C@@]2(O)C(=O)COC(=O)CCC(=O)O. The van der Waals surface area contributed by atoms with Crippen LogP contribution in [0.1, 0.15) is 58.8 Å². The first-order chi connectivity index (χ1) is 15.4. The second-order valence-corrected chi connectivity index (χ2v) is 10.6. The number of hydrogen-bond donors (Lipinski definition) is 3. The average Bonchev–Trinajstić information content (AvgIpc) is 3.02. The normalized spacial score (nSPS) is 41.5. The molecule has 7 atom stereocenters. The number of Topliss-reactive ketones (excluding diaryl/α,β-unsaturated/α-hetero) is 1. The molecule has 4 aliphatic rings. The molecule has 4 aliphatic carbocycles. The van der Waals surface area contributed by atoms with Crippen LogP contribution in [0.3, 0.4) is 0 Å². The Morgan fingerprint density at radius 3 is 2.61 bits per heavy atom. The Morgan fingerprint density at radius 1 is 1.18 bits per heavy atom. The van der Waals surface area contributed by atoms with E-state index >= 15 is 0 Å². The molecule has 33 heavy (non-hydrogen) atoms. The Hall–Kier alpha value is -2.32. The zero-order chi connectivity index (χ0) is 24.2. The Bertz CT molecular complexity index is 950. The summed E-state index contributed by atoms with van der Waals surface area (Å²) in [4.78, 5) is 47.4. The fourth-order valence-corrected chi connectivity index (χ4v) is 7.34. The summed E-state index contributed by atoms with van der Waals surface area (Å²) in [5, 5.41) is 31.6. The third kappa shape index (κ3) is 3.67. The summed E-state index contributed by atoms with van der Waals surface area (Å²) in [5.74, 6) is -2.58. The molecule has 0 amide bonds. The van der Waals surface area contributed by atoms with Crippen molar-refractivity contribution in [2.24, 2.45) is 28.6 Å². The molecule has 4 rings (SSSR count). The molecule has 0 aromatic heterocycles. The number of allylic oxidation sites excluding steroid dienone is 4. The van der Waals surface area contributed by atoms with E-state index in [4.69, 9.17) is 9.84 Å². The first-order valence-electron chi connectivity index (χ1n) is 11.7. The molecule has 3 fully saturated rings. The van der Waals surface area contributed by atoms with Crippen molar-refractivity contribution in [1.29, 1.82) is 0 Å². The standard InChI is InChI=1S/C25H32O8/c1-23-9-7-15(26)11-14(23)3-4-16-17-8-10-25(32,24(17,2)12-18(27)22(16)23)19(28)13-33-21(31)6-5-20(29)30/h7,9,11,16-18,22,27,32H,3-6,8,10,12-13H2,1-2H3,(H,29,30)/t16-,17-,18+,22+,23+,24+,25-/m1/s1. The minimum Gasteiger partial charge on any atom is -0.481 e. The number of fused-ring (bicyclic) bond motifs is 5. The first kappa shape index (κ1) is 23.8. The van der Waals surface area contributed by atoms with Gasteiger partial charge >= 0.3 is 11.9 Å². The highest BCUT2D eigenvalue weighted by Crippen LogP contribution is 2.67. The highest BCUT2D eigenvalue weighted by Gasteiger charge is 2.68. The van der Waals surface area contributed by atoms with Crippen molar-refractivity contribution in [3.05, 3.63) is 23.8 Å². The van der Waals surface area contributed by atoms with E-state index in [-0.39, 0.29) is 49.2 Å². The highest BCUT2D eigenvalue weighted by atomic mass is 16.5. The summed E-state index contributed by atoms with van der Waals surface area (Å²) in [7, 11) is 0. The van der Waals surface area contributed by atoms with E-state index in [9.17, 15) is 29.4 Å². The lowest BCUT2D eigenvalue weighted by molar-refractivity contribution is -0.181. The van der Waals surface area contributed by atoms with E-state index in [2.05, 4.69) is 6.92 Å². The molecule has 0 bridgehead atoms. The van der Waals surface area contributed by atoms with Crippen LogP contribution < -0.4 is 0 Å². The maximum absolute atomic E-state index is 13.1. The number of aliphatic carboxylic acids is 1. The number of carboxylic acid groups (broad SMARTS) is 1. The van der Waals surface area contributed by atoms with Crippen molar-refractivity contribution in [3.63, 3.8) is 0 Å². The van der Waals surface area contributed by atoms with Crippen LogP contribution in [0.25, 0.3) is 0 Å². The van der Waals surface area contributed by atoms with Gasteiger partial charge in [0.2, 0.25) is 5.78 Å². The molecule has 0 radical (unpaired) electrons. The number of aliphatic hydroxyl groups excluding tert-OH is 1. The van der Waals surface area contributed by atoms with Gasteiger partial charge in [-0.25, -0.2) is 0 Å². The smallest absolute Gasteiger partial charge is 0.306 e. The molecular weight excluding hydrogens is 428 g/mol. The van der Waals surface area contributed by atoms with Crippen LogP contribution in [-0.2, 0) is 23.9 Å². The average molecular weight is 461 g/mol. The molecule has 3 N–H and O–H groups in total. The summed E-state index contributed by atoms with van der Waals surface area (Å²) in [6, 6.07) is 0. The predicted octanol–water partition coefficient (Wildman–Crippen LogP) is 1.97. The number of carbonyl (C=O) groups excluding carboxylic acids is 3. The number of rotatable bonds is 6. The van der Waals surface area contributed by atoms with Gasteiger partial charge in [-0.15, -0.1) is 0 Å². The van der Waals surface area contributed by atoms with Crippen LogP contribution in [0.15, 0.2) is 23.8 Å². The minimum atomic E-state index is -1.73. The second kappa shape index (κ2) is 8.17. The summed E-state index contributed by atoms with van der Waals surface area (Å²) in [6.45, 7) is 3.30. The van der Waals surface area contributed by atoms with Gasteiger partial charge < -0.3 is 20.1 Å². The van der Waals surface area contributed by atoms with E-state index in [1.54, 1.807) is 12.2 Å². The number of carbonyl (C=O) groups is 4. The van der Waals surface area contributed by atoms with Gasteiger partial charge in [-0.3, -0.25) is 19.2 Å². The second-order valence-electron chi connectivity index (χ2n) is 10.6.